The molecule has 0 aliphatic heterocycles. The average Bonchev–Trinajstić information content (AvgIpc) is 3.18. The molecule has 172 valence electrons. The first-order valence-electron chi connectivity index (χ1n) is 10.0. The van der Waals surface area contributed by atoms with E-state index in [-0.39, 0.29) is 11.2 Å². The Morgan fingerprint density at radius 1 is 1.06 bits per heavy atom. The molecule has 0 atom stereocenters. The highest BCUT2D eigenvalue weighted by Gasteiger charge is 2.20. The number of ether oxygens (including phenoxy) is 1. The number of rotatable bonds is 6. The normalized spacial score (nSPS) is 11.5. The van der Waals surface area contributed by atoms with Gasteiger partial charge in [0.2, 0.25) is 0 Å². The molecule has 0 unspecified atom stereocenters. The van der Waals surface area contributed by atoms with Crippen molar-refractivity contribution in [3.05, 3.63) is 103 Å². The number of nitrogens with one attached hydrogen (secondary N) is 1. The van der Waals surface area contributed by atoms with Crippen LogP contribution in [0.25, 0.3) is 16.9 Å². The van der Waals surface area contributed by atoms with Crippen molar-refractivity contribution in [2.75, 3.05) is 7.11 Å². The van der Waals surface area contributed by atoms with E-state index in [0.29, 0.717) is 44.1 Å². The molecule has 34 heavy (non-hydrogen) atoms. The Balaban J connectivity index is 1.90. The molecule has 0 amide bonds. The van der Waals surface area contributed by atoms with E-state index < -0.39 is 4.92 Å². The molecule has 1 heterocycles. The van der Waals surface area contributed by atoms with Crippen LogP contribution in [0.4, 0.5) is 11.4 Å². The number of benzene rings is 3. The van der Waals surface area contributed by atoms with E-state index in [9.17, 15) is 14.9 Å². The first-order valence-corrected chi connectivity index (χ1v) is 10.8. The Morgan fingerprint density at radius 3 is 2.32 bits per heavy atom. The number of non-ortho nitro benzene ring substituents is 1. The summed E-state index contributed by atoms with van der Waals surface area (Å²) >= 11 is 12.3. The molecule has 0 saturated carbocycles. The zero-order chi connectivity index (χ0) is 24.4. The smallest absolute Gasteiger partial charge is 0.280 e. The largest absolute Gasteiger partial charge is 0.497 e. The summed E-state index contributed by atoms with van der Waals surface area (Å²) in [6.45, 7) is 1.71. The van der Waals surface area contributed by atoms with Crippen molar-refractivity contribution in [2.24, 2.45) is 4.99 Å². The van der Waals surface area contributed by atoms with Crippen LogP contribution in [0, 0.1) is 10.1 Å². The molecule has 1 aromatic heterocycles. The Labute approximate surface area is 204 Å². The molecule has 4 aromatic rings. The molecule has 0 radical (unpaired) electrons. The summed E-state index contributed by atoms with van der Waals surface area (Å²) in [5.41, 5.74) is 2.47. The van der Waals surface area contributed by atoms with Gasteiger partial charge in [0.25, 0.3) is 11.2 Å². The molecule has 0 bridgehead atoms. The van der Waals surface area contributed by atoms with Crippen LogP contribution in [0.2, 0.25) is 10.0 Å². The van der Waals surface area contributed by atoms with Gasteiger partial charge in [-0.15, -0.1) is 0 Å². The van der Waals surface area contributed by atoms with E-state index in [2.05, 4.69) is 10.1 Å². The van der Waals surface area contributed by atoms with Gasteiger partial charge in [-0.05, 0) is 61.5 Å². The topological polar surface area (TPSA) is 103 Å². The van der Waals surface area contributed by atoms with Crippen molar-refractivity contribution in [3.63, 3.8) is 0 Å². The predicted octanol–water partition coefficient (Wildman–Crippen LogP) is 6.20. The van der Waals surface area contributed by atoms with Crippen LogP contribution in [0.1, 0.15) is 12.5 Å². The lowest BCUT2D eigenvalue weighted by molar-refractivity contribution is -0.384. The number of methoxy groups -OCH3 is 1. The minimum Gasteiger partial charge on any atom is -0.497 e. The highest BCUT2D eigenvalue weighted by atomic mass is 35.5. The molecule has 0 saturated heterocycles. The van der Waals surface area contributed by atoms with Crippen molar-refractivity contribution in [1.29, 1.82) is 0 Å². The summed E-state index contributed by atoms with van der Waals surface area (Å²) in [6.07, 6.45) is 0. The Morgan fingerprint density at radius 2 is 1.74 bits per heavy atom. The van der Waals surface area contributed by atoms with Gasteiger partial charge in [-0.2, -0.15) is 0 Å². The summed E-state index contributed by atoms with van der Waals surface area (Å²) in [4.78, 5) is 28.6. The summed E-state index contributed by atoms with van der Waals surface area (Å²) in [5.74, 6) is 0.667. The number of hydrogen-bond donors (Lipinski definition) is 1. The van der Waals surface area contributed by atoms with Crippen molar-refractivity contribution < 1.29 is 9.66 Å². The molecule has 8 nitrogen and oxygen atoms in total. The van der Waals surface area contributed by atoms with Gasteiger partial charge in [0.15, 0.2) is 0 Å². The maximum absolute atomic E-state index is 13.5. The minimum absolute atomic E-state index is 0.0749. The molecular weight excluding hydrogens is 479 g/mol. The van der Waals surface area contributed by atoms with E-state index in [0.717, 1.165) is 5.56 Å². The van der Waals surface area contributed by atoms with Crippen LogP contribution in [0.15, 0.2) is 76.5 Å². The minimum atomic E-state index is -0.498. The summed E-state index contributed by atoms with van der Waals surface area (Å²) < 4.78 is 6.55. The predicted molar refractivity (Wildman–Crippen MR) is 133 cm³/mol. The van der Waals surface area contributed by atoms with Gasteiger partial charge in [-0.1, -0.05) is 23.2 Å². The third-order valence-corrected chi connectivity index (χ3v) is 5.69. The molecule has 0 aliphatic carbocycles. The fraction of sp³-hybridized carbons (Fsp3) is 0.0833. The molecule has 10 heteroatoms. The highest BCUT2D eigenvalue weighted by Crippen LogP contribution is 2.30. The van der Waals surface area contributed by atoms with Crippen molar-refractivity contribution in [3.8, 4) is 22.7 Å². The monoisotopic (exact) mass is 496 g/mol. The van der Waals surface area contributed by atoms with E-state index in [4.69, 9.17) is 27.9 Å². The molecular formula is C24H18Cl2N4O4. The zero-order valence-corrected chi connectivity index (χ0v) is 19.6. The standard InChI is InChI=1S/C24H18Cl2N4O4/c1-14(27-21-12-5-16(25)13-20(21)26)22-23(15-3-10-19(34-2)11-4-15)28-29(24(22)31)17-6-8-18(9-7-17)30(32)33/h3-13,28H,1-2H3. The SMILES string of the molecule is COc1ccc(-c2[nH]n(-c3ccc([N+](=O)[O-])cc3)c(=O)c2C(C)=Nc2ccc(Cl)cc2Cl)cc1. The van der Waals surface area contributed by atoms with Gasteiger partial charge in [0.05, 0.1) is 45.4 Å². The van der Waals surface area contributed by atoms with Gasteiger partial charge >= 0.3 is 0 Å². The van der Waals surface area contributed by atoms with Gasteiger partial charge in [-0.25, -0.2) is 4.68 Å². The number of nitro benzene ring substituents is 1. The van der Waals surface area contributed by atoms with E-state index in [1.165, 1.54) is 28.9 Å². The molecule has 0 fully saturated rings. The zero-order valence-electron chi connectivity index (χ0n) is 18.1. The third kappa shape index (κ3) is 4.59. The van der Waals surface area contributed by atoms with Crippen LogP contribution < -0.4 is 10.3 Å². The van der Waals surface area contributed by atoms with Gasteiger partial charge in [0.1, 0.15) is 5.75 Å². The maximum Gasteiger partial charge on any atom is 0.280 e. The Hall–Kier alpha value is -3.88. The second-order valence-electron chi connectivity index (χ2n) is 7.30. The van der Waals surface area contributed by atoms with Gasteiger partial charge < -0.3 is 4.74 Å². The second kappa shape index (κ2) is 9.54. The van der Waals surface area contributed by atoms with Crippen molar-refractivity contribution >= 4 is 40.3 Å². The van der Waals surface area contributed by atoms with E-state index in [1.807, 2.05) is 12.1 Å². The van der Waals surface area contributed by atoms with E-state index in [1.54, 1.807) is 44.4 Å². The molecule has 1 N–H and O–H groups in total. The quantitative estimate of drug-likeness (QED) is 0.195. The van der Waals surface area contributed by atoms with E-state index >= 15 is 0 Å². The van der Waals surface area contributed by atoms with Gasteiger partial charge in [-0.3, -0.25) is 25.0 Å². The van der Waals surface area contributed by atoms with Crippen LogP contribution >= 0.6 is 23.2 Å². The number of nitro groups is 1. The maximum atomic E-state index is 13.5. The van der Waals surface area contributed by atoms with Crippen LogP contribution in [0.3, 0.4) is 0 Å². The van der Waals surface area contributed by atoms with Crippen molar-refractivity contribution in [2.45, 2.75) is 6.92 Å². The van der Waals surface area contributed by atoms with Crippen LogP contribution in [-0.2, 0) is 0 Å². The number of H-pyrrole nitrogens is 1. The lowest BCUT2D eigenvalue weighted by Gasteiger charge is -2.06. The first-order chi connectivity index (χ1) is 16.3. The fourth-order valence-electron chi connectivity index (χ4n) is 3.45. The Kier molecular flexibility index (Phi) is 6.54. The number of hydrogen-bond acceptors (Lipinski definition) is 5. The highest BCUT2D eigenvalue weighted by molar-refractivity contribution is 6.36. The summed E-state index contributed by atoms with van der Waals surface area (Å²) in [5, 5.41) is 15.0. The summed E-state index contributed by atoms with van der Waals surface area (Å²) in [7, 11) is 1.57. The Bertz CT molecular complexity index is 1460. The van der Waals surface area contributed by atoms with Gasteiger partial charge in [0, 0.05) is 22.7 Å². The first kappa shape index (κ1) is 23.3. The molecule has 3 aromatic carbocycles. The molecule has 0 spiro atoms. The number of nitrogens with zero attached hydrogens (tertiary/aromatic N) is 3. The fourth-order valence-corrected chi connectivity index (χ4v) is 3.90. The number of aromatic nitrogens is 2. The lowest BCUT2D eigenvalue weighted by atomic mass is 10.0. The molecule has 0 aliphatic rings. The average molecular weight is 497 g/mol. The number of aromatic amines is 1. The number of aliphatic imine (C=N–C) groups is 1. The summed E-state index contributed by atoms with van der Waals surface area (Å²) in [6, 6.07) is 17.8. The third-order valence-electron chi connectivity index (χ3n) is 5.15. The van der Waals surface area contributed by atoms with Crippen LogP contribution in [-0.4, -0.2) is 27.5 Å². The van der Waals surface area contributed by atoms with Crippen LogP contribution in [0.5, 0.6) is 5.75 Å². The molecule has 4 rings (SSSR count). The van der Waals surface area contributed by atoms with Crippen molar-refractivity contribution in [1.82, 2.24) is 9.78 Å². The number of halogens is 2. The lowest BCUT2D eigenvalue weighted by Crippen LogP contribution is -2.19. The second-order valence-corrected chi connectivity index (χ2v) is 8.14.